The van der Waals surface area contributed by atoms with E-state index < -0.39 is 0 Å². The number of ether oxygens (including phenoxy) is 1. The smallest absolute Gasteiger partial charge is 0.236 e. The topological polar surface area (TPSA) is 65.1 Å². The lowest BCUT2D eigenvalue weighted by atomic mass is 10.1. The molecule has 2 aliphatic rings. The Kier molecular flexibility index (Phi) is 11.6. The van der Waals surface area contributed by atoms with E-state index in [1.54, 1.807) is 0 Å². The summed E-state index contributed by atoms with van der Waals surface area (Å²) in [6, 6.07) is 0. The van der Waals surface area contributed by atoms with Gasteiger partial charge in [0, 0.05) is 51.7 Å². The molecule has 142 valence electrons. The maximum Gasteiger partial charge on any atom is 0.236 e. The number of piperazine rings is 1. The molecule has 0 aromatic heterocycles. The van der Waals surface area contributed by atoms with Crippen molar-refractivity contribution in [3.05, 3.63) is 0 Å². The normalized spacial score (nSPS) is 19.9. The second-order valence-corrected chi connectivity index (χ2v) is 6.05. The average molecular weight is 385 g/mol. The van der Waals surface area contributed by atoms with Crippen LogP contribution in [0.4, 0.5) is 0 Å². The van der Waals surface area contributed by atoms with E-state index in [1.165, 1.54) is 0 Å². The van der Waals surface area contributed by atoms with Crippen LogP contribution in [-0.2, 0) is 14.3 Å². The van der Waals surface area contributed by atoms with Crippen LogP contribution in [0.3, 0.4) is 0 Å². The van der Waals surface area contributed by atoms with Gasteiger partial charge in [-0.1, -0.05) is 6.92 Å². The van der Waals surface area contributed by atoms with Crippen molar-refractivity contribution < 1.29 is 14.3 Å². The van der Waals surface area contributed by atoms with E-state index in [1.807, 2.05) is 23.8 Å². The molecule has 0 bridgehead atoms. The third-order valence-corrected chi connectivity index (χ3v) is 4.34. The first-order chi connectivity index (χ1) is 10.6. The third kappa shape index (κ3) is 6.72. The van der Waals surface area contributed by atoms with Crippen LogP contribution in [0.15, 0.2) is 0 Å². The van der Waals surface area contributed by atoms with Crippen LogP contribution in [0.25, 0.3) is 0 Å². The van der Waals surface area contributed by atoms with Crippen molar-refractivity contribution >= 4 is 36.6 Å². The van der Waals surface area contributed by atoms with Crippen molar-refractivity contribution in [2.45, 2.75) is 6.92 Å². The molecule has 2 aliphatic heterocycles. The van der Waals surface area contributed by atoms with Gasteiger partial charge in [-0.15, -0.1) is 24.8 Å². The van der Waals surface area contributed by atoms with Crippen LogP contribution in [0.1, 0.15) is 6.92 Å². The second-order valence-electron chi connectivity index (χ2n) is 6.05. The fraction of sp³-hybridized carbons (Fsp3) is 0.867. The van der Waals surface area contributed by atoms with Crippen LogP contribution in [-0.4, -0.2) is 99.1 Å². The van der Waals surface area contributed by atoms with Gasteiger partial charge in [-0.3, -0.25) is 14.5 Å². The predicted molar refractivity (Wildman–Crippen MR) is 98.0 cm³/mol. The number of rotatable bonds is 5. The van der Waals surface area contributed by atoms with Gasteiger partial charge in [-0.05, 0) is 7.05 Å². The molecule has 9 heteroatoms. The van der Waals surface area contributed by atoms with Crippen LogP contribution in [0, 0.1) is 5.92 Å². The Bertz CT molecular complexity index is 387. The molecular formula is C15H30Cl2N4O3. The highest BCUT2D eigenvalue weighted by atomic mass is 35.5. The van der Waals surface area contributed by atoms with Gasteiger partial charge in [0.2, 0.25) is 11.8 Å². The molecule has 1 atom stereocenters. The molecule has 2 rings (SSSR count). The monoisotopic (exact) mass is 384 g/mol. The first kappa shape index (κ1) is 23.4. The molecule has 2 amide bonds. The van der Waals surface area contributed by atoms with Crippen LogP contribution >= 0.6 is 24.8 Å². The first-order valence-corrected chi connectivity index (χ1v) is 8.13. The highest BCUT2D eigenvalue weighted by Gasteiger charge is 2.27. The lowest BCUT2D eigenvalue weighted by molar-refractivity contribution is -0.142. The maximum absolute atomic E-state index is 12.3. The van der Waals surface area contributed by atoms with Crippen molar-refractivity contribution in [1.82, 2.24) is 20.0 Å². The average Bonchev–Trinajstić information content (AvgIpc) is 2.55. The number of nitrogens with one attached hydrogen (secondary N) is 1. The molecule has 1 unspecified atom stereocenters. The second kappa shape index (κ2) is 11.9. The van der Waals surface area contributed by atoms with Crippen molar-refractivity contribution in [2.75, 3.05) is 72.6 Å². The number of halogens is 2. The van der Waals surface area contributed by atoms with Gasteiger partial charge in [0.1, 0.15) is 0 Å². The quantitative estimate of drug-likeness (QED) is 0.704. The van der Waals surface area contributed by atoms with E-state index in [0.29, 0.717) is 52.5 Å². The molecule has 2 heterocycles. The SMILES string of the molecule is CNCC(C)C(=O)N1CCN(C(=O)CN2CCOCC2)CC1.Cl.Cl. The summed E-state index contributed by atoms with van der Waals surface area (Å²) < 4.78 is 5.29. The largest absolute Gasteiger partial charge is 0.379 e. The first-order valence-electron chi connectivity index (χ1n) is 8.13. The van der Waals surface area contributed by atoms with E-state index in [4.69, 9.17) is 4.74 Å². The molecule has 2 fully saturated rings. The van der Waals surface area contributed by atoms with E-state index in [9.17, 15) is 9.59 Å². The number of carbonyl (C=O) groups is 2. The van der Waals surface area contributed by atoms with Gasteiger partial charge in [0.25, 0.3) is 0 Å². The molecule has 0 aliphatic carbocycles. The minimum Gasteiger partial charge on any atom is -0.379 e. The van der Waals surface area contributed by atoms with E-state index in [2.05, 4.69) is 10.2 Å². The zero-order valence-corrected chi connectivity index (χ0v) is 16.2. The Morgan fingerprint density at radius 1 is 1.00 bits per heavy atom. The zero-order valence-electron chi connectivity index (χ0n) is 14.5. The molecule has 2 saturated heterocycles. The fourth-order valence-electron chi connectivity index (χ4n) is 2.93. The summed E-state index contributed by atoms with van der Waals surface area (Å²) in [5, 5.41) is 3.03. The van der Waals surface area contributed by atoms with Gasteiger partial charge in [0.05, 0.1) is 19.8 Å². The third-order valence-electron chi connectivity index (χ3n) is 4.34. The Morgan fingerprint density at radius 2 is 1.54 bits per heavy atom. The Hall–Kier alpha value is -0.600. The number of amides is 2. The molecule has 0 saturated carbocycles. The highest BCUT2D eigenvalue weighted by Crippen LogP contribution is 2.08. The molecule has 0 radical (unpaired) electrons. The summed E-state index contributed by atoms with van der Waals surface area (Å²) in [4.78, 5) is 30.4. The van der Waals surface area contributed by atoms with E-state index in [-0.39, 0.29) is 42.5 Å². The summed E-state index contributed by atoms with van der Waals surface area (Å²) >= 11 is 0. The predicted octanol–water partition coefficient (Wildman–Crippen LogP) is -0.311. The number of carbonyl (C=O) groups excluding carboxylic acids is 2. The molecule has 7 nitrogen and oxygen atoms in total. The van der Waals surface area contributed by atoms with E-state index >= 15 is 0 Å². The summed E-state index contributed by atoms with van der Waals surface area (Å²) in [6.45, 7) is 8.72. The van der Waals surface area contributed by atoms with E-state index in [0.717, 1.165) is 13.1 Å². The van der Waals surface area contributed by atoms with Crippen LogP contribution < -0.4 is 5.32 Å². The van der Waals surface area contributed by atoms with Crippen LogP contribution in [0.5, 0.6) is 0 Å². The van der Waals surface area contributed by atoms with Gasteiger partial charge in [-0.25, -0.2) is 0 Å². The molecular weight excluding hydrogens is 355 g/mol. The minimum atomic E-state index is -0.0133. The number of hydrogen-bond acceptors (Lipinski definition) is 5. The standard InChI is InChI=1S/C15H28N4O3.2ClH/c1-13(11-16-2)15(21)19-5-3-18(4-6-19)14(20)12-17-7-9-22-10-8-17;;/h13,16H,3-12H2,1-2H3;2*1H. The van der Waals surface area contributed by atoms with Crippen molar-refractivity contribution in [1.29, 1.82) is 0 Å². The molecule has 0 aromatic rings. The molecule has 24 heavy (non-hydrogen) atoms. The maximum atomic E-state index is 12.3. The summed E-state index contributed by atoms with van der Waals surface area (Å²) in [5.74, 6) is 0.326. The Morgan fingerprint density at radius 3 is 2.08 bits per heavy atom. The lowest BCUT2D eigenvalue weighted by Crippen LogP contribution is -2.54. The van der Waals surface area contributed by atoms with Gasteiger partial charge in [0.15, 0.2) is 0 Å². The fourth-order valence-corrected chi connectivity index (χ4v) is 2.93. The van der Waals surface area contributed by atoms with Gasteiger partial charge in [-0.2, -0.15) is 0 Å². The summed E-state index contributed by atoms with van der Waals surface area (Å²) in [5.41, 5.74) is 0. The van der Waals surface area contributed by atoms with Gasteiger partial charge < -0.3 is 19.9 Å². The summed E-state index contributed by atoms with van der Waals surface area (Å²) in [7, 11) is 1.85. The number of hydrogen-bond donors (Lipinski definition) is 1. The number of morpholine rings is 1. The molecule has 1 N–H and O–H groups in total. The lowest BCUT2D eigenvalue weighted by Gasteiger charge is -2.37. The minimum absolute atomic E-state index is 0. The van der Waals surface area contributed by atoms with Gasteiger partial charge >= 0.3 is 0 Å². The Labute approximate surface area is 156 Å². The highest BCUT2D eigenvalue weighted by molar-refractivity contribution is 5.85. The molecule has 0 spiro atoms. The van der Waals surface area contributed by atoms with Crippen molar-refractivity contribution in [2.24, 2.45) is 5.92 Å². The molecule has 0 aromatic carbocycles. The van der Waals surface area contributed by atoms with Crippen molar-refractivity contribution in [3.63, 3.8) is 0 Å². The summed E-state index contributed by atoms with van der Waals surface area (Å²) in [6.07, 6.45) is 0. The zero-order chi connectivity index (χ0) is 15.9. The van der Waals surface area contributed by atoms with Crippen LogP contribution in [0.2, 0.25) is 0 Å². The Balaban J connectivity index is 0.00000264. The van der Waals surface area contributed by atoms with Crippen molar-refractivity contribution in [3.8, 4) is 0 Å². The number of nitrogens with zero attached hydrogens (tertiary/aromatic N) is 3.